The highest BCUT2D eigenvalue weighted by molar-refractivity contribution is 5.73. The van der Waals surface area contributed by atoms with Crippen molar-refractivity contribution in [3.8, 4) is 0 Å². The molecule has 0 bridgehead atoms. The Morgan fingerprint density at radius 1 is 1.12 bits per heavy atom. The molecule has 0 amide bonds. The lowest BCUT2D eigenvalue weighted by molar-refractivity contribution is -0.192. The molecule has 3 heterocycles. The first-order chi connectivity index (χ1) is 14.9. The third-order valence-electron chi connectivity index (χ3n) is 4.66. The molecule has 1 fully saturated rings. The van der Waals surface area contributed by atoms with E-state index in [2.05, 4.69) is 20.2 Å². The number of aliphatic carboxylic acids is 1. The zero-order valence-corrected chi connectivity index (χ0v) is 16.6. The molecule has 32 heavy (non-hydrogen) atoms. The third-order valence-corrected chi connectivity index (χ3v) is 4.66. The number of alkyl halides is 6. The largest absolute Gasteiger partial charge is 0.490 e. The highest BCUT2D eigenvalue weighted by Crippen LogP contribution is 2.27. The van der Waals surface area contributed by atoms with Crippen LogP contribution in [0.2, 0.25) is 0 Å². The van der Waals surface area contributed by atoms with Gasteiger partial charge in [0.2, 0.25) is 0 Å². The van der Waals surface area contributed by atoms with E-state index >= 15 is 0 Å². The van der Waals surface area contributed by atoms with Gasteiger partial charge in [0, 0.05) is 19.3 Å². The van der Waals surface area contributed by atoms with Gasteiger partial charge in [-0.25, -0.2) is 4.79 Å². The molecule has 3 rings (SSSR count). The number of aliphatic hydroxyl groups excluding tert-OH is 1. The van der Waals surface area contributed by atoms with Gasteiger partial charge in [0.15, 0.2) is 0 Å². The molecule has 14 heteroatoms. The summed E-state index contributed by atoms with van der Waals surface area (Å²) in [5, 5.41) is 24.0. The molecule has 2 aromatic rings. The Morgan fingerprint density at radius 3 is 2.19 bits per heavy atom. The van der Waals surface area contributed by atoms with E-state index in [1.807, 2.05) is 0 Å². The van der Waals surface area contributed by atoms with Crippen LogP contribution in [0.3, 0.4) is 0 Å². The van der Waals surface area contributed by atoms with Gasteiger partial charge in [0.05, 0.1) is 12.8 Å². The monoisotopic (exact) mass is 469 g/mol. The first kappa shape index (κ1) is 25.5. The lowest BCUT2D eigenvalue weighted by atomic mass is 9.96. The Bertz CT molecular complexity index is 861. The average molecular weight is 469 g/mol. The number of halogens is 6. The summed E-state index contributed by atoms with van der Waals surface area (Å²) < 4.78 is 71.1. The summed E-state index contributed by atoms with van der Waals surface area (Å²) in [7, 11) is 0. The van der Waals surface area contributed by atoms with Gasteiger partial charge in [0.25, 0.3) is 0 Å². The quantitative estimate of drug-likeness (QED) is 0.649. The zero-order chi connectivity index (χ0) is 23.9. The summed E-state index contributed by atoms with van der Waals surface area (Å²) in [4.78, 5) is 14.6. The first-order valence-corrected chi connectivity index (χ1v) is 9.43. The van der Waals surface area contributed by atoms with Gasteiger partial charge in [-0.2, -0.15) is 26.3 Å². The number of carboxylic acid groups (broad SMARTS) is 1. The number of nitrogens with zero attached hydrogens (tertiary/aromatic N) is 5. The van der Waals surface area contributed by atoms with E-state index in [-0.39, 0.29) is 6.61 Å². The fourth-order valence-electron chi connectivity index (χ4n) is 3.04. The van der Waals surface area contributed by atoms with Crippen LogP contribution in [0, 0.1) is 5.92 Å². The number of piperidine rings is 1. The fourth-order valence-corrected chi connectivity index (χ4v) is 3.04. The molecule has 2 aromatic heterocycles. The van der Waals surface area contributed by atoms with Crippen molar-refractivity contribution in [1.29, 1.82) is 0 Å². The van der Waals surface area contributed by atoms with Gasteiger partial charge in [-0.1, -0.05) is 11.3 Å². The normalized spacial score (nSPS) is 15.8. The number of carboxylic acids is 1. The Balaban J connectivity index is 0.000000451. The molecule has 178 valence electrons. The summed E-state index contributed by atoms with van der Waals surface area (Å²) in [6, 6.07) is 2.53. The minimum absolute atomic E-state index is 0.111. The molecule has 1 aliphatic heterocycles. The molecule has 2 N–H and O–H groups in total. The van der Waals surface area contributed by atoms with Gasteiger partial charge >= 0.3 is 18.3 Å². The predicted octanol–water partition coefficient (Wildman–Crippen LogP) is 2.73. The number of likely N-dealkylation sites (tertiary alicyclic amines) is 1. The number of carbonyl (C=O) groups is 1. The predicted molar refractivity (Wildman–Crippen MR) is 96.9 cm³/mol. The number of pyridine rings is 1. The maximum absolute atomic E-state index is 12.5. The van der Waals surface area contributed by atoms with E-state index < -0.39 is 24.0 Å². The van der Waals surface area contributed by atoms with Crippen molar-refractivity contribution < 1.29 is 41.4 Å². The fraction of sp³-hybridized carbons (Fsp3) is 0.556. The van der Waals surface area contributed by atoms with Crippen molar-refractivity contribution >= 4 is 5.97 Å². The van der Waals surface area contributed by atoms with Gasteiger partial charge in [-0.05, 0) is 43.5 Å². The topological polar surface area (TPSA) is 104 Å². The van der Waals surface area contributed by atoms with Crippen LogP contribution in [0.15, 0.2) is 24.5 Å². The van der Waals surface area contributed by atoms with Crippen molar-refractivity contribution in [2.75, 3.05) is 13.1 Å². The van der Waals surface area contributed by atoms with Crippen LogP contribution in [-0.4, -0.2) is 60.3 Å². The number of aromatic nitrogens is 4. The van der Waals surface area contributed by atoms with Gasteiger partial charge < -0.3 is 10.2 Å². The molecule has 0 aromatic carbocycles. The van der Waals surface area contributed by atoms with Crippen molar-refractivity contribution in [1.82, 2.24) is 24.9 Å². The molecule has 0 radical (unpaired) electrons. The van der Waals surface area contributed by atoms with E-state index in [1.165, 1.54) is 12.3 Å². The lowest BCUT2D eigenvalue weighted by Gasteiger charge is -2.31. The maximum atomic E-state index is 12.5. The summed E-state index contributed by atoms with van der Waals surface area (Å²) in [5.74, 6) is -2.28. The Morgan fingerprint density at radius 2 is 1.75 bits per heavy atom. The second kappa shape index (κ2) is 10.7. The molecule has 0 aliphatic carbocycles. The van der Waals surface area contributed by atoms with Crippen LogP contribution in [0.1, 0.15) is 29.8 Å². The van der Waals surface area contributed by atoms with E-state index in [0.29, 0.717) is 18.2 Å². The molecule has 0 spiro atoms. The van der Waals surface area contributed by atoms with E-state index in [9.17, 15) is 26.3 Å². The van der Waals surface area contributed by atoms with Crippen molar-refractivity contribution in [3.63, 3.8) is 0 Å². The summed E-state index contributed by atoms with van der Waals surface area (Å²) >= 11 is 0. The number of hydrogen-bond acceptors (Lipinski definition) is 6. The maximum Gasteiger partial charge on any atom is 0.490 e. The first-order valence-electron chi connectivity index (χ1n) is 9.43. The highest BCUT2D eigenvalue weighted by Gasteiger charge is 2.38. The lowest BCUT2D eigenvalue weighted by Crippen LogP contribution is -2.34. The molecular formula is C18H21F6N5O3. The molecular weight excluding hydrogens is 448 g/mol. The Labute approximate surface area is 178 Å². The van der Waals surface area contributed by atoms with Crippen LogP contribution >= 0.6 is 0 Å². The van der Waals surface area contributed by atoms with E-state index in [0.717, 1.165) is 44.1 Å². The minimum atomic E-state index is -5.08. The summed E-state index contributed by atoms with van der Waals surface area (Å²) in [5.41, 5.74) is 0.493. The SMILES string of the molecule is O=C(O)C(F)(F)F.OCc1cn(CC2CCN(Cc3ccc(C(F)(F)F)nc3)CC2)nn1. The molecule has 8 nitrogen and oxygen atoms in total. The van der Waals surface area contributed by atoms with Crippen LogP contribution in [0.4, 0.5) is 26.3 Å². The molecule has 1 saturated heterocycles. The standard InChI is InChI=1S/C16H20F3N5O.C2HF3O2/c17-16(18,19)15-2-1-13(7-20-15)8-23-5-3-12(4-6-23)9-24-10-14(11-25)21-22-24;3-2(4,5)1(6)7/h1-2,7,10,12,25H,3-6,8-9,11H2;(H,6,7). The van der Waals surface area contributed by atoms with Crippen molar-refractivity contribution in [3.05, 3.63) is 41.5 Å². The van der Waals surface area contributed by atoms with Crippen LogP contribution < -0.4 is 0 Å². The number of rotatable bonds is 5. The number of hydrogen-bond donors (Lipinski definition) is 2. The second-order valence-electron chi connectivity index (χ2n) is 7.16. The highest BCUT2D eigenvalue weighted by atomic mass is 19.4. The molecule has 0 unspecified atom stereocenters. The molecule has 1 aliphatic rings. The Kier molecular flexibility index (Phi) is 8.55. The molecule has 0 atom stereocenters. The smallest absolute Gasteiger partial charge is 0.475 e. The molecule has 0 saturated carbocycles. The average Bonchev–Trinajstić information content (AvgIpc) is 3.16. The number of aliphatic hydroxyl groups is 1. The van der Waals surface area contributed by atoms with Gasteiger partial charge in [-0.15, -0.1) is 5.10 Å². The van der Waals surface area contributed by atoms with Gasteiger partial charge in [-0.3, -0.25) is 14.6 Å². The summed E-state index contributed by atoms with van der Waals surface area (Å²) in [6.07, 6.45) is -4.44. The van der Waals surface area contributed by atoms with Crippen LogP contribution in [0.5, 0.6) is 0 Å². The zero-order valence-electron chi connectivity index (χ0n) is 16.6. The summed E-state index contributed by atoms with van der Waals surface area (Å²) in [6.45, 7) is 3.03. The van der Waals surface area contributed by atoms with E-state index in [4.69, 9.17) is 15.0 Å². The van der Waals surface area contributed by atoms with Crippen LogP contribution in [-0.2, 0) is 30.7 Å². The van der Waals surface area contributed by atoms with Crippen molar-refractivity contribution in [2.24, 2.45) is 5.92 Å². The third kappa shape index (κ3) is 8.07. The van der Waals surface area contributed by atoms with Gasteiger partial charge in [0.1, 0.15) is 11.4 Å². The van der Waals surface area contributed by atoms with Crippen molar-refractivity contribution in [2.45, 2.75) is 44.9 Å². The second-order valence-corrected chi connectivity index (χ2v) is 7.16. The Hall–Kier alpha value is -2.74. The minimum Gasteiger partial charge on any atom is -0.475 e. The van der Waals surface area contributed by atoms with E-state index in [1.54, 1.807) is 10.9 Å². The van der Waals surface area contributed by atoms with Crippen LogP contribution in [0.25, 0.3) is 0 Å².